The van der Waals surface area contributed by atoms with Crippen molar-refractivity contribution in [2.24, 2.45) is 0 Å². The highest BCUT2D eigenvalue weighted by Gasteiger charge is 2.09. The summed E-state index contributed by atoms with van der Waals surface area (Å²) < 4.78 is 1.98. The van der Waals surface area contributed by atoms with Gasteiger partial charge in [0.05, 0.1) is 11.8 Å². The van der Waals surface area contributed by atoms with Gasteiger partial charge in [-0.25, -0.2) is 0 Å². The van der Waals surface area contributed by atoms with Gasteiger partial charge in [-0.1, -0.05) is 13.8 Å². The molecule has 0 saturated carbocycles. The smallest absolute Gasteiger partial charge is 0.0686 e. The van der Waals surface area contributed by atoms with Crippen molar-refractivity contribution >= 4 is 11.8 Å². The van der Waals surface area contributed by atoms with E-state index in [0.717, 1.165) is 23.6 Å². The third-order valence-electron chi connectivity index (χ3n) is 2.67. The summed E-state index contributed by atoms with van der Waals surface area (Å²) >= 11 is 1.77. The molecule has 2 unspecified atom stereocenters. The van der Waals surface area contributed by atoms with Crippen molar-refractivity contribution in [2.75, 3.05) is 11.5 Å². The Kier molecular flexibility index (Phi) is 5.91. The molecule has 92 valence electrons. The van der Waals surface area contributed by atoms with E-state index in [1.165, 1.54) is 0 Å². The van der Waals surface area contributed by atoms with Crippen LogP contribution in [0.25, 0.3) is 0 Å². The summed E-state index contributed by atoms with van der Waals surface area (Å²) in [4.78, 5) is 0. The first-order valence-corrected chi connectivity index (χ1v) is 7.12. The molecule has 16 heavy (non-hydrogen) atoms. The van der Waals surface area contributed by atoms with Crippen LogP contribution < -0.4 is 0 Å². The van der Waals surface area contributed by atoms with Gasteiger partial charge in [0.25, 0.3) is 0 Å². The van der Waals surface area contributed by atoms with Gasteiger partial charge in [0.15, 0.2) is 0 Å². The maximum atomic E-state index is 9.77. The molecule has 1 N–H and O–H groups in total. The van der Waals surface area contributed by atoms with Gasteiger partial charge in [-0.05, 0) is 25.2 Å². The fraction of sp³-hybridized carbons (Fsp3) is 0.750. The molecule has 1 aromatic rings. The number of aliphatic hydroxyl groups is 1. The molecule has 0 bridgehead atoms. The van der Waals surface area contributed by atoms with E-state index in [2.05, 4.69) is 25.9 Å². The lowest BCUT2D eigenvalue weighted by molar-refractivity contribution is 0.198. The summed E-state index contributed by atoms with van der Waals surface area (Å²) in [5.74, 6) is 1.85. The molecule has 0 amide bonds. The lowest BCUT2D eigenvalue weighted by atomic mass is 10.2. The normalized spacial score (nSPS) is 15.0. The third kappa shape index (κ3) is 4.18. The Morgan fingerprint density at radius 2 is 2.25 bits per heavy atom. The molecule has 4 heteroatoms. The van der Waals surface area contributed by atoms with Crippen LogP contribution in [0.4, 0.5) is 0 Å². The maximum absolute atomic E-state index is 9.77. The van der Waals surface area contributed by atoms with Gasteiger partial charge in [0.1, 0.15) is 0 Å². The molecule has 3 nitrogen and oxygen atoms in total. The molecule has 1 heterocycles. The van der Waals surface area contributed by atoms with Crippen LogP contribution in [0, 0.1) is 0 Å². The Morgan fingerprint density at radius 1 is 1.50 bits per heavy atom. The van der Waals surface area contributed by atoms with Crippen LogP contribution in [0.15, 0.2) is 12.3 Å². The van der Waals surface area contributed by atoms with E-state index in [-0.39, 0.29) is 6.10 Å². The minimum Gasteiger partial charge on any atom is -0.392 e. The summed E-state index contributed by atoms with van der Waals surface area (Å²) in [5, 5.41) is 14.2. The molecule has 0 aliphatic heterocycles. The summed E-state index contributed by atoms with van der Waals surface area (Å²) in [5.41, 5.74) is 0.990. The zero-order valence-corrected chi connectivity index (χ0v) is 11.2. The van der Waals surface area contributed by atoms with Gasteiger partial charge < -0.3 is 5.11 Å². The van der Waals surface area contributed by atoms with E-state index in [4.69, 9.17) is 0 Å². The van der Waals surface area contributed by atoms with Crippen LogP contribution in [-0.4, -0.2) is 32.5 Å². The monoisotopic (exact) mass is 242 g/mol. The number of aliphatic hydroxyl groups excluding tert-OH is 1. The zero-order valence-electron chi connectivity index (χ0n) is 10.4. The fourth-order valence-electron chi connectivity index (χ4n) is 1.47. The summed E-state index contributed by atoms with van der Waals surface area (Å²) in [6, 6.07) is 2.45. The SMILES string of the molecule is CCSCC(O)Cc1ccn(C(C)CC)n1. The minimum absolute atomic E-state index is 0.273. The second-order valence-corrected chi connectivity index (χ2v) is 5.38. The number of thioether (sulfide) groups is 1. The highest BCUT2D eigenvalue weighted by molar-refractivity contribution is 7.99. The van der Waals surface area contributed by atoms with Crippen molar-refractivity contribution in [3.8, 4) is 0 Å². The average molecular weight is 242 g/mol. The molecule has 1 rings (SSSR count). The molecule has 2 atom stereocenters. The second-order valence-electron chi connectivity index (χ2n) is 4.06. The molecule has 0 aromatic carbocycles. The van der Waals surface area contributed by atoms with Gasteiger partial charge in [0, 0.05) is 24.4 Å². The Morgan fingerprint density at radius 3 is 2.88 bits per heavy atom. The Hall–Kier alpha value is -0.480. The second kappa shape index (κ2) is 6.97. The molecule has 1 aromatic heterocycles. The summed E-state index contributed by atoms with van der Waals surface area (Å²) in [6.07, 6.45) is 3.47. The quantitative estimate of drug-likeness (QED) is 0.798. The molecular formula is C12H22N2OS. The van der Waals surface area contributed by atoms with Crippen molar-refractivity contribution in [3.05, 3.63) is 18.0 Å². The molecular weight excluding hydrogens is 220 g/mol. The van der Waals surface area contributed by atoms with Gasteiger partial charge in [-0.3, -0.25) is 4.68 Å². The fourth-order valence-corrected chi connectivity index (χ4v) is 2.10. The van der Waals surface area contributed by atoms with Crippen LogP contribution in [0.2, 0.25) is 0 Å². The first kappa shape index (κ1) is 13.6. The van der Waals surface area contributed by atoms with E-state index < -0.39 is 0 Å². The van der Waals surface area contributed by atoms with E-state index in [1.54, 1.807) is 11.8 Å². The Balaban J connectivity index is 2.45. The van der Waals surface area contributed by atoms with Crippen molar-refractivity contribution in [1.82, 2.24) is 9.78 Å². The van der Waals surface area contributed by atoms with E-state index in [0.29, 0.717) is 12.5 Å². The molecule has 0 aliphatic rings. The van der Waals surface area contributed by atoms with Gasteiger partial charge in [0.2, 0.25) is 0 Å². The van der Waals surface area contributed by atoms with Crippen molar-refractivity contribution in [3.63, 3.8) is 0 Å². The van der Waals surface area contributed by atoms with Crippen LogP contribution in [0.1, 0.15) is 38.9 Å². The van der Waals surface area contributed by atoms with Crippen LogP contribution in [-0.2, 0) is 6.42 Å². The minimum atomic E-state index is -0.273. The summed E-state index contributed by atoms with van der Waals surface area (Å²) in [6.45, 7) is 6.41. The highest BCUT2D eigenvalue weighted by atomic mass is 32.2. The highest BCUT2D eigenvalue weighted by Crippen LogP contribution is 2.11. The third-order valence-corrected chi connectivity index (χ3v) is 3.69. The topological polar surface area (TPSA) is 38.0 Å². The van der Waals surface area contributed by atoms with Gasteiger partial charge >= 0.3 is 0 Å². The van der Waals surface area contributed by atoms with E-state index in [9.17, 15) is 5.11 Å². The molecule has 0 spiro atoms. The lowest BCUT2D eigenvalue weighted by Crippen LogP contribution is -2.14. The standard InChI is InChI=1S/C12H22N2OS/c1-4-10(3)14-7-6-11(13-14)8-12(15)9-16-5-2/h6-7,10,12,15H,4-5,8-9H2,1-3H3. The van der Waals surface area contributed by atoms with Crippen LogP contribution >= 0.6 is 11.8 Å². The number of hydrogen-bond donors (Lipinski definition) is 1. The number of aromatic nitrogens is 2. The molecule has 0 aliphatic carbocycles. The predicted molar refractivity (Wildman–Crippen MR) is 69.9 cm³/mol. The first-order chi connectivity index (χ1) is 7.67. The van der Waals surface area contributed by atoms with Crippen LogP contribution in [0.3, 0.4) is 0 Å². The Labute approximate surface area is 102 Å². The van der Waals surface area contributed by atoms with Crippen molar-refractivity contribution in [2.45, 2.75) is 45.8 Å². The van der Waals surface area contributed by atoms with Gasteiger partial charge in [-0.15, -0.1) is 0 Å². The summed E-state index contributed by atoms with van der Waals surface area (Å²) in [7, 11) is 0. The van der Waals surface area contributed by atoms with E-state index >= 15 is 0 Å². The lowest BCUT2D eigenvalue weighted by Gasteiger charge is -2.09. The van der Waals surface area contributed by atoms with Crippen molar-refractivity contribution in [1.29, 1.82) is 0 Å². The number of rotatable bonds is 7. The largest absolute Gasteiger partial charge is 0.392 e. The van der Waals surface area contributed by atoms with E-state index in [1.807, 2.05) is 16.9 Å². The number of hydrogen-bond acceptors (Lipinski definition) is 3. The maximum Gasteiger partial charge on any atom is 0.0686 e. The molecule has 0 radical (unpaired) electrons. The first-order valence-electron chi connectivity index (χ1n) is 5.97. The zero-order chi connectivity index (χ0) is 12.0. The molecule has 0 fully saturated rings. The molecule has 0 saturated heterocycles. The van der Waals surface area contributed by atoms with Crippen molar-refractivity contribution < 1.29 is 5.11 Å². The Bertz CT molecular complexity index is 301. The number of nitrogens with zero attached hydrogens (tertiary/aromatic N) is 2. The van der Waals surface area contributed by atoms with Crippen LogP contribution in [0.5, 0.6) is 0 Å². The average Bonchev–Trinajstić information content (AvgIpc) is 2.73. The van der Waals surface area contributed by atoms with Gasteiger partial charge in [-0.2, -0.15) is 16.9 Å². The predicted octanol–water partition coefficient (Wildman–Crippen LogP) is 2.51.